The molecule has 1 aliphatic heterocycles. The van der Waals surface area contributed by atoms with Gasteiger partial charge in [-0.1, -0.05) is 60.7 Å². The van der Waals surface area contributed by atoms with Gasteiger partial charge in [0, 0.05) is 22.3 Å². The van der Waals surface area contributed by atoms with Gasteiger partial charge in [0.25, 0.3) is 0 Å². The van der Waals surface area contributed by atoms with E-state index in [0.717, 1.165) is 57.8 Å². The quantitative estimate of drug-likeness (QED) is 0.246. The van der Waals surface area contributed by atoms with Crippen LogP contribution in [0.15, 0.2) is 97.1 Å². The number of rotatable bonds is 0. The number of hydrogen-bond acceptors (Lipinski definition) is 2. The number of benzene rings is 4. The van der Waals surface area contributed by atoms with Crippen LogP contribution >= 0.6 is 0 Å². The summed E-state index contributed by atoms with van der Waals surface area (Å²) in [6.07, 6.45) is 0. The Morgan fingerprint density at radius 3 is 1.32 bits per heavy atom. The molecule has 5 rings (SSSR count). The molecule has 0 aromatic heterocycles. The molecule has 4 heteroatoms. The van der Waals surface area contributed by atoms with Gasteiger partial charge in [0.15, 0.2) is 0 Å². The molecule has 1 aliphatic rings. The highest BCUT2D eigenvalue weighted by molar-refractivity contribution is 5.35. The highest BCUT2D eigenvalue weighted by atomic mass is 16.5. The van der Waals surface area contributed by atoms with Crippen LogP contribution in [-0.4, -0.2) is 37.2 Å². The number of hydrogen-bond donors (Lipinski definition) is 0. The Morgan fingerprint density at radius 1 is 0.447 bits per heavy atom. The van der Waals surface area contributed by atoms with Gasteiger partial charge in [-0.15, -0.1) is 0 Å². The summed E-state index contributed by atoms with van der Waals surface area (Å²) >= 11 is 0. The molecule has 0 unspecified atom stereocenters. The molecule has 0 fully saturated rings. The molecule has 0 spiro atoms. The van der Waals surface area contributed by atoms with E-state index in [-0.39, 0.29) is 0 Å². The smallest absolute Gasteiger partial charge is 0.128 e. The molecule has 196 valence electrons. The van der Waals surface area contributed by atoms with E-state index in [4.69, 9.17) is 9.47 Å². The summed E-state index contributed by atoms with van der Waals surface area (Å²) in [5.41, 5.74) is 7.48. The first-order valence-corrected chi connectivity index (χ1v) is 13.5. The van der Waals surface area contributed by atoms with Gasteiger partial charge in [-0.3, -0.25) is 0 Å². The maximum atomic E-state index is 6.37. The first-order valence-electron chi connectivity index (χ1n) is 13.5. The summed E-state index contributed by atoms with van der Waals surface area (Å²) in [6, 6.07) is 34.5. The molecule has 0 radical (unpaired) electrons. The SMILES string of the molecule is C[N+]1(C)Cc2cccc(c2)C[N+](C)(C)Cc2ccccc2OCc2cccc(c2)COc2ccccc2C1. The van der Waals surface area contributed by atoms with Crippen molar-refractivity contribution in [1.82, 2.24) is 0 Å². The van der Waals surface area contributed by atoms with Crippen LogP contribution < -0.4 is 9.47 Å². The van der Waals surface area contributed by atoms with Crippen molar-refractivity contribution in [2.75, 3.05) is 28.2 Å². The molecule has 0 saturated carbocycles. The van der Waals surface area contributed by atoms with Crippen molar-refractivity contribution in [1.29, 1.82) is 0 Å². The van der Waals surface area contributed by atoms with Crippen LogP contribution in [0.3, 0.4) is 0 Å². The highest BCUT2D eigenvalue weighted by Gasteiger charge is 2.22. The fraction of sp³-hybridized carbons (Fsp3) is 0.294. The van der Waals surface area contributed by atoms with Gasteiger partial charge < -0.3 is 18.4 Å². The van der Waals surface area contributed by atoms with Crippen molar-refractivity contribution in [2.24, 2.45) is 0 Å². The molecule has 0 aliphatic carbocycles. The lowest BCUT2D eigenvalue weighted by Crippen LogP contribution is -2.39. The van der Waals surface area contributed by atoms with E-state index in [9.17, 15) is 0 Å². The first kappa shape index (κ1) is 26.0. The molecular formula is C34H40N2O2+2. The van der Waals surface area contributed by atoms with Crippen LogP contribution in [0, 0.1) is 0 Å². The summed E-state index contributed by atoms with van der Waals surface area (Å²) in [7, 11) is 9.21. The Morgan fingerprint density at radius 2 is 0.842 bits per heavy atom. The third-order valence-electron chi connectivity index (χ3n) is 7.13. The molecule has 0 atom stereocenters. The second-order valence-corrected chi connectivity index (χ2v) is 11.9. The molecule has 0 amide bonds. The molecule has 4 nitrogen and oxygen atoms in total. The van der Waals surface area contributed by atoms with Gasteiger partial charge in [-0.05, 0) is 47.5 Å². The van der Waals surface area contributed by atoms with Gasteiger partial charge >= 0.3 is 0 Å². The molecule has 4 aromatic rings. The predicted molar refractivity (Wildman–Crippen MR) is 153 cm³/mol. The van der Waals surface area contributed by atoms with E-state index in [1.807, 2.05) is 0 Å². The highest BCUT2D eigenvalue weighted by Crippen LogP contribution is 2.27. The van der Waals surface area contributed by atoms with Gasteiger partial charge in [-0.2, -0.15) is 0 Å². The Kier molecular flexibility index (Phi) is 7.55. The Labute approximate surface area is 227 Å². The molecule has 0 N–H and O–H groups in total. The third kappa shape index (κ3) is 6.83. The molecule has 4 aromatic carbocycles. The summed E-state index contributed by atoms with van der Waals surface area (Å²) in [6.45, 7) is 4.76. The number of fused-ring (bicyclic) bond motifs is 6. The minimum atomic E-state index is 0.530. The topological polar surface area (TPSA) is 18.5 Å². The maximum Gasteiger partial charge on any atom is 0.128 e. The number of para-hydroxylation sites is 2. The van der Waals surface area contributed by atoms with Crippen molar-refractivity contribution >= 4 is 0 Å². The minimum Gasteiger partial charge on any atom is -0.488 e. The third-order valence-corrected chi connectivity index (χ3v) is 7.13. The van der Waals surface area contributed by atoms with Crippen LogP contribution in [0.1, 0.15) is 33.4 Å². The predicted octanol–water partition coefficient (Wildman–Crippen LogP) is 6.71. The van der Waals surface area contributed by atoms with Crippen LogP contribution in [0.2, 0.25) is 0 Å². The van der Waals surface area contributed by atoms with Gasteiger partial charge in [0.05, 0.1) is 28.2 Å². The largest absolute Gasteiger partial charge is 0.488 e. The van der Waals surface area contributed by atoms with Crippen LogP contribution in [0.25, 0.3) is 0 Å². The van der Waals surface area contributed by atoms with Crippen LogP contribution in [0.5, 0.6) is 11.5 Å². The molecule has 0 saturated heterocycles. The summed E-state index contributed by atoms with van der Waals surface area (Å²) in [5.74, 6) is 1.91. The average Bonchev–Trinajstić information content (AvgIpc) is 2.87. The lowest BCUT2D eigenvalue weighted by atomic mass is 10.1. The van der Waals surface area contributed by atoms with Gasteiger partial charge in [-0.25, -0.2) is 0 Å². The van der Waals surface area contributed by atoms with Gasteiger partial charge in [0.2, 0.25) is 0 Å². The van der Waals surface area contributed by atoms with Crippen molar-refractivity contribution in [2.45, 2.75) is 39.4 Å². The maximum absolute atomic E-state index is 6.37. The van der Waals surface area contributed by atoms with E-state index in [1.165, 1.54) is 22.3 Å². The second kappa shape index (κ2) is 11.0. The van der Waals surface area contributed by atoms with Crippen LogP contribution in [-0.2, 0) is 39.4 Å². The van der Waals surface area contributed by atoms with E-state index < -0.39 is 0 Å². The van der Waals surface area contributed by atoms with Crippen LogP contribution in [0.4, 0.5) is 0 Å². The normalized spacial score (nSPS) is 17.2. The lowest BCUT2D eigenvalue weighted by molar-refractivity contribution is -0.917. The molecular weight excluding hydrogens is 468 g/mol. The summed E-state index contributed by atoms with van der Waals surface area (Å²) in [4.78, 5) is 0. The Balaban J connectivity index is 1.50. The molecule has 1 heterocycles. The fourth-order valence-corrected chi connectivity index (χ4v) is 5.53. The van der Waals surface area contributed by atoms with E-state index >= 15 is 0 Å². The zero-order valence-electron chi connectivity index (χ0n) is 23.2. The second-order valence-electron chi connectivity index (χ2n) is 11.9. The van der Waals surface area contributed by atoms with Crippen molar-refractivity contribution in [3.8, 4) is 11.5 Å². The lowest BCUT2D eigenvalue weighted by Gasteiger charge is -2.32. The first-order chi connectivity index (χ1) is 18.2. The van der Waals surface area contributed by atoms with E-state index in [0.29, 0.717) is 13.2 Å². The fourth-order valence-electron chi connectivity index (χ4n) is 5.53. The zero-order valence-corrected chi connectivity index (χ0v) is 23.2. The van der Waals surface area contributed by atoms with Crippen molar-refractivity contribution in [3.05, 3.63) is 130 Å². The summed E-state index contributed by atoms with van der Waals surface area (Å²) in [5, 5.41) is 0. The Hall–Kier alpha value is -3.60. The Bertz CT molecular complexity index is 1290. The number of ether oxygens (including phenoxy) is 2. The number of nitrogens with zero attached hydrogens (tertiary/aromatic N) is 2. The van der Waals surface area contributed by atoms with Gasteiger partial charge in [0.1, 0.15) is 50.9 Å². The zero-order chi connectivity index (χ0) is 26.6. The molecule has 4 bridgehead atoms. The summed E-state index contributed by atoms with van der Waals surface area (Å²) < 4.78 is 14.4. The van der Waals surface area contributed by atoms with E-state index in [2.05, 4.69) is 125 Å². The average molecular weight is 509 g/mol. The molecule has 38 heavy (non-hydrogen) atoms. The van der Waals surface area contributed by atoms with Crippen molar-refractivity contribution in [3.63, 3.8) is 0 Å². The standard InChI is InChI=1S/C34H40N2O2/c1-35(2)21-27-11-9-12-28(19-27)22-36(3,4)24-32-16-6-8-18-34(32)38-26-30-14-10-13-29(20-30)25-37-33-17-7-5-15-31(33)23-35/h5-20H,21-26H2,1-4H3/q+2. The minimum absolute atomic E-state index is 0.530. The van der Waals surface area contributed by atoms with Crippen molar-refractivity contribution < 1.29 is 18.4 Å². The van der Waals surface area contributed by atoms with E-state index in [1.54, 1.807) is 0 Å². The number of quaternary nitrogens is 2. The monoisotopic (exact) mass is 508 g/mol.